The van der Waals surface area contributed by atoms with Crippen molar-refractivity contribution in [2.24, 2.45) is 10.9 Å². The average Bonchev–Trinajstić information content (AvgIpc) is 1.38. The lowest BCUT2D eigenvalue weighted by molar-refractivity contribution is 0.785. The van der Waals surface area contributed by atoms with Crippen molar-refractivity contribution in [2.45, 2.75) is 13.1 Å². The van der Waals surface area contributed by atoms with Crippen LogP contribution in [0.15, 0.2) is 5.18 Å². The van der Waals surface area contributed by atoms with Crippen LogP contribution in [-0.2, 0) is 0 Å². The van der Waals surface area contributed by atoms with Gasteiger partial charge in [0.2, 0.25) is 0 Å². The minimum absolute atomic E-state index is 0.546. The highest BCUT2D eigenvalue weighted by Crippen LogP contribution is 1.67. The molecule has 0 aliphatic carbocycles. The second-order valence-electron chi connectivity index (χ2n) is 0.846. The minimum atomic E-state index is -0.546. The number of nitroso groups, excluding NO2 is 1. The van der Waals surface area contributed by atoms with Crippen LogP contribution in [-0.4, -0.2) is 6.17 Å². The summed E-state index contributed by atoms with van der Waals surface area (Å²) in [7, 11) is 0. The van der Waals surface area contributed by atoms with E-state index in [1.54, 1.807) is 0 Å². The highest BCUT2D eigenvalue weighted by Gasteiger charge is 1.79. The Kier molecular flexibility index (Phi) is 1.68. The van der Waals surface area contributed by atoms with Crippen LogP contribution in [0.2, 0.25) is 0 Å². The number of hydrogen-bond donors (Lipinski definition) is 1. The fourth-order valence-corrected chi connectivity index (χ4v) is 0. The maximum absolute atomic E-state index is 9.13. The number of rotatable bonds is 1. The van der Waals surface area contributed by atoms with E-state index in [0.29, 0.717) is 0 Å². The zero-order valence-electron chi connectivity index (χ0n) is 3.01. The first kappa shape index (κ1) is 4.56. The van der Waals surface area contributed by atoms with E-state index in [1.807, 2.05) is 0 Å². The van der Waals surface area contributed by atoms with Gasteiger partial charge in [-0.15, -0.1) is 4.91 Å². The number of nitrogens with two attached hydrogens (primary N) is 1. The third-order valence-corrected chi connectivity index (χ3v) is 0.166. The van der Waals surface area contributed by atoms with Crippen molar-refractivity contribution in [1.29, 1.82) is 0 Å². The van der Waals surface area contributed by atoms with Gasteiger partial charge in [0.1, 0.15) is 6.17 Å². The van der Waals surface area contributed by atoms with E-state index in [2.05, 4.69) is 5.18 Å². The third kappa shape index (κ3) is 3.56. The molecule has 0 rings (SSSR count). The molecule has 5 heavy (non-hydrogen) atoms. The van der Waals surface area contributed by atoms with Crippen LogP contribution in [0, 0.1) is 4.91 Å². The molecule has 0 aromatic carbocycles. The fraction of sp³-hybridized carbons (Fsp3) is 1.00. The van der Waals surface area contributed by atoms with Crippen molar-refractivity contribution < 1.29 is 0 Å². The van der Waals surface area contributed by atoms with Gasteiger partial charge in [0.15, 0.2) is 0 Å². The quantitative estimate of drug-likeness (QED) is 0.447. The van der Waals surface area contributed by atoms with Crippen LogP contribution in [0.3, 0.4) is 0 Å². The van der Waals surface area contributed by atoms with Gasteiger partial charge in [0.25, 0.3) is 0 Å². The Balaban J connectivity index is 2.83. The first-order valence-electron chi connectivity index (χ1n) is 1.35. The maximum Gasteiger partial charge on any atom is 0.137 e. The summed E-state index contributed by atoms with van der Waals surface area (Å²) < 4.78 is 0. The van der Waals surface area contributed by atoms with Gasteiger partial charge in [-0.1, -0.05) is 5.18 Å². The van der Waals surface area contributed by atoms with E-state index in [0.717, 1.165) is 0 Å². The molecule has 0 aromatic rings. The Morgan fingerprint density at radius 3 is 2.20 bits per heavy atom. The topological polar surface area (TPSA) is 55.4 Å². The summed E-state index contributed by atoms with van der Waals surface area (Å²) in [6, 6.07) is 0. The first-order valence-corrected chi connectivity index (χ1v) is 1.35. The Morgan fingerprint density at radius 1 is 2.00 bits per heavy atom. The molecule has 2 N–H and O–H groups in total. The van der Waals surface area contributed by atoms with Crippen molar-refractivity contribution in [3.8, 4) is 0 Å². The smallest absolute Gasteiger partial charge is 0.137 e. The van der Waals surface area contributed by atoms with E-state index in [1.165, 1.54) is 6.92 Å². The lowest BCUT2D eigenvalue weighted by atomic mass is 10.7. The van der Waals surface area contributed by atoms with E-state index < -0.39 is 6.17 Å². The van der Waals surface area contributed by atoms with E-state index in [4.69, 9.17) is 10.6 Å². The van der Waals surface area contributed by atoms with Gasteiger partial charge in [-0.25, -0.2) is 0 Å². The highest BCUT2D eigenvalue weighted by atomic mass is 16.3. The number of nitrogens with zero attached hydrogens (tertiary/aromatic N) is 1. The second-order valence-corrected chi connectivity index (χ2v) is 0.846. The average molecular weight is 74.1 g/mol. The molecule has 3 heteroatoms. The van der Waals surface area contributed by atoms with Gasteiger partial charge >= 0.3 is 0 Å². The molecule has 0 spiro atoms. The summed E-state index contributed by atoms with van der Waals surface area (Å²) in [5, 5.41) is 2.42. The van der Waals surface area contributed by atoms with Gasteiger partial charge in [0, 0.05) is 0 Å². The van der Waals surface area contributed by atoms with Gasteiger partial charge in [-0.05, 0) is 6.92 Å². The molecular weight excluding hydrogens is 68.0 g/mol. The summed E-state index contributed by atoms with van der Waals surface area (Å²) in [6.45, 7) is 1.52. The predicted octanol–water partition coefficient (Wildman–Crippen LogP) is 0.0575. The molecule has 0 unspecified atom stereocenters. The Bertz CT molecular complexity index is 34.6. The van der Waals surface area contributed by atoms with Gasteiger partial charge in [0.05, 0.1) is 0 Å². The van der Waals surface area contributed by atoms with Crippen molar-refractivity contribution in [3.05, 3.63) is 4.91 Å². The van der Waals surface area contributed by atoms with Gasteiger partial charge in [-0.2, -0.15) is 0 Å². The SMILES string of the molecule is C[C@H](N)N=O. The van der Waals surface area contributed by atoms with E-state index in [9.17, 15) is 0 Å². The maximum atomic E-state index is 9.13. The molecule has 30 valence electrons. The molecule has 0 fully saturated rings. The van der Waals surface area contributed by atoms with Crippen molar-refractivity contribution in [1.82, 2.24) is 0 Å². The third-order valence-electron chi connectivity index (χ3n) is 0.166. The van der Waals surface area contributed by atoms with Crippen LogP contribution < -0.4 is 5.73 Å². The van der Waals surface area contributed by atoms with Crippen molar-refractivity contribution in [3.63, 3.8) is 0 Å². The molecule has 0 saturated carbocycles. The zero-order valence-corrected chi connectivity index (χ0v) is 3.01. The molecule has 0 bridgehead atoms. The van der Waals surface area contributed by atoms with Crippen LogP contribution in [0.1, 0.15) is 6.92 Å². The van der Waals surface area contributed by atoms with Crippen molar-refractivity contribution in [2.75, 3.05) is 0 Å². The van der Waals surface area contributed by atoms with Gasteiger partial charge < -0.3 is 5.73 Å². The van der Waals surface area contributed by atoms with E-state index >= 15 is 0 Å². The minimum Gasteiger partial charge on any atom is -0.307 e. The number of hydrogen-bond acceptors (Lipinski definition) is 3. The standard InChI is InChI=1S/C2H6N2O/c1-2(3)4-5/h2H,3H2,1H3/t2-/m1/s1. The molecule has 0 saturated heterocycles. The lowest BCUT2D eigenvalue weighted by Gasteiger charge is -1.79. The molecule has 0 amide bonds. The zero-order chi connectivity index (χ0) is 4.28. The van der Waals surface area contributed by atoms with Crippen LogP contribution in [0.4, 0.5) is 0 Å². The molecule has 0 radical (unpaired) electrons. The van der Waals surface area contributed by atoms with Gasteiger partial charge in [-0.3, -0.25) is 0 Å². The summed E-state index contributed by atoms with van der Waals surface area (Å²) in [4.78, 5) is 9.13. The highest BCUT2D eigenvalue weighted by molar-refractivity contribution is 4.40. The Hall–Kier alpha value is -0.440. The molecule has 0 aliphatic heterocycles. The molecule has 3 nitrogen and oxygen atoms in total. The molecule has 0 aliphatic rings. The normalized spacial score (nSPS) is 14.0. The van der Waals surface area contributed by atoms with E-state index in [-0.39, 0.29) is 0 Å². The summed E-state index contributed by atoms with van der Waals surface area (Å²) in [5.41, 5.74) is 4.81. The predicted molar refractivity (Wildman–Crippen MR) is 19.4 cm³/mol. The van der Waals surface area contributed by atoms with Crippen LogP contribution >= 0.6 is 0 Å². The summed E-state index contributed by atoms with van der Waals surface area (Å²) in [5.74, 6) is 0. The fourth-order valence-electron chi connectivity index (χ4n) is 0. The molecular formula is C2H6N2O. The van der Waals surface area contributed by atoms with Crippen LogP contribution in [0.25, 0.3) is 0 Å². The lowest BCUT2D eigenvalue weighted by Crippen LogP contribution is -2.08. The molecule has 0 aromatic heterocycles. The molecule has 1 atom stereocenters. The van der Waals surface area contributed by atoms with Crippen molar-refractivity contribution >= 4 is 0 Å². The van der Waals surface area contributed by atoms with Crippen LogP contribution in [0.5, 0.6) is 0 Å². The first-order chi connectivity index (χ1) is 2.27. The Morgan fingerprint density at radius 2 is 2.20 bits per heavy atom. The largest absolute Gasteiger partial charge is 0.307 e. The summed E-state index contributed by atoms with van der Waals surface area (Å²) in [6.07, 6.45) is -0.546. The summed E-state index contributed by atoms with van der Waals surface area (Å²) >= 11 is 0. The Labute approximate surface area is 30.1 Å². The monoisotopic (exact) mass is 74.0 g/mol. The molecule has 0 heterocycles. The second kappa shape index (κ2) is 1.84.